The van der Waals surface area contributed by atoms with Crippen molar-refractivity contribution in [3.05, 3.63) is 0 Å². The Morgan fingerprint density at radius 2 is 2.11 bits per heavy atom. The van der Waals surface area contributed by atoms with Gasteiger partial charge in [-0.25, -0.2) is 0 Å². The Bertz CT molecular complexity index is 409. The third kappa shape index (κ3) is 3.21. The van der Waals surface area contributed by atoms with Crippen LogP contribution in [0.3, 0.4) is 0 Å². The first-order chi connectivity index (χ1) is 8.23. The number of carbonyl (C=O) groups is 1. The SMILES string of the molecule is CCC(C)(NS(=O)(=O)N1CCCCC1C)C(=O)O. The van der Waals surface area contributed by atoms with Gasteiger partial charge in [0.15, 0.2) is 0 Å². The first-order valence-corrected chi connectivity index (χ1v) is 7.71. The quantitative estimate of drug-likeness (QED) is 0.784. The molecule has 1 saturated heterocycles. The summed E-state index contributed by atoms with van der Waals surface area (Å²) in [6.07, 6.45) is 2.85. The van der Waals surface area contributed by atoms with Crippen molar-refractivity contribution < 1.29 is 18.3 Å². The van der Waals surface area contributed by atoms with Crippen LogP contribution in [0.5, 0.6) is 0 Å². The lowest BCUT2D eigenvalue weighted by Crippen LogP contribution is -2.58. The summed E-state index contributed by atoms with van der Waals surface area (Å²) in [4.78, 5) is 11.1. The maximum atomic E-state index is 12.2. The van der Waals surface area contributed by atoms with Crippen molar-refractivity contribution in [1.29, 1.82) is 0 Å². The molecule has 2 atom stereocenters. The lowest BCUT2D eigenvalue weighted by Gasteiger charge is -2.35. The molecule has 0 aromatic carbocycles. The fraction of sp³-hybridized carbons (Fsp3) is 0.909. The standard InChI is InChI=1S/C11H22N2O4S/c1-4-11(3,10(14)15)12-18(16,17)13-8-6-5-7-9(13)2/h9,12H,4-8H2,1-3H3,(H,14,15). The molecule has 0 aromatic heterocycles. The Kier molecular flexibility index (Phi) is 4.74. The summed E-state index contributed by atoms with van der Waals surface area (Å²) in [6, 6.07) is -0.0776. The average Bonchev–Trinajstić information content (AvgIpc) is 2.28. The number of hydrogen-bond acceptors (Lipinski definition) is 3. The molecule has 7 heteroatoms. The van der Waals surface area contributed by atoms with Crippen molar-refractivity contribution in [2.45, 2.75) is 58.0 Å². The largest absolute Gasteiger partial charge is 0.480 e. The van der Waals surface area contributed by atoms with Crippen molar-refractivity contribution in [3.63, 3.8) is 0 Å². The smallest absolute Gasteiger partial charge is 0.324 e. The van der Waals surface area contributed by atoms with Crippen LogP contribution in [0.25, 0.3) is 0 Å². The molecule has 2 N–H and O–H groups in total. The summed E-state index contributed by atoms with van der Waals surface area (Å²) in [5, 5.41) is 9.11. The van der Waals surface area contributed by atoms with Gasteiger partial charge < -0.3 is 5.11 Å². The maximum absolute atomic E-state index is 12.2. The second-order valence-electron chi connectivity index (χ2n) is 5.05. The van der Waals surface area contributed by atoms with E-state index in [4.69, 9.17) is 5.11 Å². The third-order valence-corrected chi connectivity index (χ3v) is 5.45. The molecule has 0 aromatic rings. The summed E-state index contributed by atoms with van der Waals surface area (Å²) in [5.41, 5.74) is -1.45. The highest BCUT2D eigenvalue weighted by Gasteiger charge is 2.39. The molecular formula is C11H22N2O4S. The number of carboxylic acid groups (broad SMARTS) is 1. The molecule has 1 aliphatic rings. The van der Waals surface area contributed by atoms with Crippen LogP contribution in [0.2, 0.25) is 0 Å². The minimum Gasteiger partial charge on any atom is -0.480 e. The minimum absolute atomic E-state index is 0.0776. The van der Waals surface area contributed by atoms with Gasteiger partial charge in [-0.1, -0.05) is 13.3 Å². The molecule has 0 bridgehead atoms. The van der Waals surface area contributed by atoms with Crippen LogP contribution in [-0.4, -0.2) is 41.9 Å². The zero-order valence-corrected chi connectivity index (χ0v) is 12.0. The second-order valence-corrected chi connectivity index (χ2v) is 6.68. The predicted octanol–water partition coefficient (Wildman–Crippen LogP) is 0.948. The number of piperidine rings is 1. The van der Waals surface area contributed by atoms with E-state index in [9.17, 15) is 13.2 Å². The van der Waals surface area contributed by atoms with E-state index in [1.165, 1.54) is 11.2 Å². The zero-order chi connectivity index (χ0) is 14.0. The summed E-state index contributed by atoms with van der Waals surface area (Å²) < 4.78 is 28.1. The van der Waals surface area contributed by atoms with E-state index in [0.717, 1.165) is 19.3 Å². The van der Waals surface area contributed by atoms with Gasteiger partial charge in [0.1, 0.15) is 5.54 Å². The number of nitrogens with zero attached hydrogens (tertiary/aromatic N) is 1. The van der Waals surface area contributed by atoms with Crippen molar-refractivity contribution in [2.24, 2.45) is 0 Å². The molecule has 6 nitrogen and oxygen atoms in total. The fourth-order valence-corrected chi connectivity index (χ4v) is 3.91. The van der Waals surface area contributed by atoms with Crippen LogP contribution < -0.4 is 4.72 Å². The van der Waals surface area contributed by atoms with Gasteiger partial charge in [0.2, 0.25) is 0 Å². The molecule has 1 aliphatic heterocycles. The number of nitrogens with one attached hydrogen (secondary N) is 1. The van der Waals surface area contributed by atoms with Crippen LogP contribution in [-0.2, 0) is 15.0 Å². The van der Waals surface area contributed by atoms with Gasteiger partial charge in [0.25, 0.3) is 10.2 Å². The Morgan fingerprint density at radius 1 is 1.50 bits per heavy atom. The molecule has 0 amide bonds. The Hall–Kier alpha value is -0.660. The van der Waals surface area contributed by atoms with Crippen molar-refractivity contribution in [2.75, 3.05) is 6.54 Å². The molecule has 18 heavy (non-hydrogen) atoms. The second kappa shape index (κ2) is 5.54. The first-order valence-electron chi connectivity index (χ1n) is 6.27. The van der Waals surface area contributed by atoms with Crippen LogP contribution in [0, 0.1) is 0 Å². The monoisotopic (exact) mass is 278 g/mol. The van der Waals surface area contributed by atoms with Crippen LogP contribution in [0.1, 0.15) is 46.5 Å². The molecule has 2 unspecified atom stereocenters. The van der Waals surface area contributed by atoms with Gasteiger partial charge >= 0.3 is 5.97 Å². The normalized spacial score (nSPS) is 25.6. The number of hydrogen-bond donors (Lipinski definition) is 2. The summed E-state index contributed by atoms with van der Waals surface area (Å²) in [6.45, 7) is 5.34. The first kappa shape index (κ1) is 15.4. The van der Waals surface area contributed by atoms with Crippen LogP contribution in [0.15, 0.2) is 0 Å². The molecule has 106 valence electrons. The number of aliphatic carboxylic acids is 1. The summed E-state index contributed by atoms with van der Waals surface area (Å²) >= 11 is 0. The minimum atomic E-state index is -3.74. The van der Waals surface area contributed by atoms with Gasteiger partial charge in [-0.05, 0) is 33.1 Å². The topological polar surface area (TPSA) is 86.7 Å². The van der Waals surface area contributed by atoms with Crippen molar-refractivity contribution >= 4 is 16.2 Å². The van der Waals surface area contributed by atoms with Gasteiger partial charge in [-0.15, -0.1) is 0 Å². The number of carboxylic acids is 1. The maximum Gasteiger partial charge on any atom is 0.324 e. The van der Waals surface area contributed by atoms with Crippen LogP contribution >= 0.6 is 0 Å². The highest BCUT2D eigenvalue weighted by Crippen LogP contribution is 2.21. The molecule has 1 rings (SSSR count). The lowest BCUT2D eigenvalue weighted by atomic mass is 10.0. The molecule has 1 heterocycles. The van der Waals surface area contributed by atoms with E-state index in [1.807, 2.05) is 6.92 Å². The third-order valence-electron chi connectivity index (χ3n) is 3.58. The van der Waals surface area contributed by atoms with Crippen molar-refractivity contribution in [3.8, 4) is 0 Å². The highest BCUT2D eigenvalue weighted by molar-refractivity contribution is 7.87. The van der Waals surface area contributed by atoms with Crippen LogP contribution in [0.4, 0.5) is 0 Å². The van der Waals surface area contributed by atoms with E-state index in [-0.39, 0.29) is 12.5 Å². The van der Waals surface area contributed by atoms with Gasteiger partial charge in [0, 0.05) is 12.6 Å². The molecule has 1 fully saturated rings. The fourth-order valence-electron chi connectivity index (χ4n) is 2.04. The molecule has 0 spiro atoms. The zero-order valence-electron chi connectivity index (χ0n) is 11.1. The van der Waals surface area contributed by atoms with E-state index in [1.54, 1.807) is 6.92 Å². The van der Waals surface area contributed by atoms with Gasteiger partial charge in [0.05, 0.1) is 0 Å². The molecule has 0 radical (unpaired) electrons. The highest BCUT2D eigenvalue weighted by atomic mass is 32.2. The number of rotatable bonds is 5. The Morgan fingerprint density at radius 3 is 2.56 bits per heavy atom. The van der Waals surface area contributed by atoms with Gasteiger partial charge in [-0.3, -0.25) is 4.79 Å². The molecule has 0 aliphatic carbocycles. The lowest BCUT2D eigenvalue weighted by molar-refractivity contribution is -0.143. The summed E-state index contributed by atoms with van der Waals surface area (Å²) in [5.74, 6) is -1.15. The molecular weight excluding hydrogens is 256 g/mol. The van der Waals surface area contributed by atoms with Crippen molar-refractivity contribution in [1.82, 2.24) is 9.03 Å². The van der Waals surface area contributed by atoms with E-state index in [0.29, 0.717) is 6.54 Å². The predicted molar refractivity (Wildman–Crippen MR) is 68.4 cm³/mol. The Balaban J connectivity index is 2.90. The average molecular weight is 278 g/mol. The van der Waals surface area contributed by atoms with E-state index < -0.39 is 21.7 Å². The summed E-state index contributed by atoms with van der Waals surface area (Å²) in [7, 11) is -3.74. The Labute approximate surface area is 109 Å². The van der Waals surface area contributed by atoms with E-state index >= 15 is 0 Å². The van der Waals surface area contributed by atoms with E-state index in [2.05, 4.69) is 4.72 Å². The van der Waals surface area contributed by atoms with Gasteiger partial charge in [-0.2, -0.15) is 17.4 Å². The molecule has 0 saturated carbocycles.